The topological polar surface area (TPSA) is 12.0 Å². The van der Waals surface area contributed by atoms with Gasteiger partial charge in [0.2, 0.25) is 0 Å². The van der Waals surface area contributed by atoms with Crippen LogP contribution in [0.1, 0.15) is 58.8 Å². The van der Waals surface area contributed by atoms with E-state index < -0.39 is 0 Å². The summed E-state index contributed by atoms with van der Waals surface area (Å²) in [4.78, 5) is 0. The third-order valence-corrected chi connectivity index (χ3v) is 3.45. The molecule has 1 fully saturated rings. The summed E-state index contributed by atoms with van der Waals surface area (Å²) >= 11 is 0. The first kappa shape index (κ1) is 11.0. The van der Waals surface area contributed by atoms with Gasteiger partial charge in [-0.3, -0.25) is 0 Å². The molecule has 0 bridgehead atoms. The Morgan fingerprint density at radius 3 is 2.08 bits per heavy atom. The fraction of sp³-hybridized carbons (Fsp3) is 1.00. The average Bonchev–Trinajstić information content (AvgIpc) is 2.32. The summed E-state index contributed by atoms with van der Waals surface area (Å²) in [5.74, 6) is 0.977. The van der Waals surface area contributed by atoms with E-state index in [1.54, 1.807) is 0 Å². The molecule has 0 unspecified atom stereocenters. The lowest BCUT2D eigenvalue weighted by atomic mass is 9.86. The van der Waals surface area contributed by atoms with E-state index in [2.05, 4.69) is 26.2 Å². The summed E-state index contributed by atoms with van der Waals surface area (Å²) in [7, 11) is 2.08. The monoisotopic (exact) mass is 183 g/mol. The van der Waals surface area contributed by atoms with Gasteiger partial charge in [-0.05, 0) is 33.2 Å². The number of nitrogens with one attached hydrogen (secondary N) is 1. The highest BCUT2D eigenvalue weighted by molar-refractivity contribution is 4.80. The van der Waals surface area contributed by atoms with E-state index in [9.17, 15) is 0 Å². The highest BCUT2D eigenvalue weighted by Crippen LogP contribution is 2.29. The number of rotatable bonds is 3. The van der Waals surface area contributed by atoms with Gasteiger partial charge in [-0.2, -0.15) is 0 Å². The molecule has 0 amide bonds. The standard InChI is InChI=1S/C12H25N/c1-12(2,13-3)10-11-8-6-4-5-7-9-11/h11,13H,4-10H2,1-3H3. The lowest BCUT2D eigenvalue weighted by molar-refractivity contribution is 0.293. The Hall–Kier alpha value is -0.0400. The van der Waals surface area contributed by atoms with Crippen molar-refractivity contribution >= 4 is 0 Å². The Morgan fingerprint density at radius 1 is 1.08 bits per heavy atom. The molecule has 1 rings (SSSR count). The second kappa shape index (κ2) is 4.99. The van der Waals surface area contributed by atoms with E-state index in [0.29, 0.717) is 5.54 Å². The Bertz CT molecular complexity index is 132. The molecule has 1 nitrogen and oxygen atoms in total. The maximum absolute atomic E-state index is 3.41. The minimum absolute atomic E-state index is 0.342. The van der Waals surface area contributed by atoms with Gasteiger partial charge in [0.15, 0.2) is 0 Å². The zero-order chi connectivity index (χ0) is 9.73. The van der Waals surface area contributed by atoms with Crippen molar-refractivity contribution in [1.29, 1.82) is 0 Å². The predicted molar refractivity (Wildman–Crippen MR) is 58.9 cm³/mol. The molecule has 0 heterocycles. The Morgan fingerprint density at radius 2 is 1.62 bits per heavy atom. The van der Waals surface area contributed by atoms with Crippen molar-refractivity contribution in [1.82, 2.24) is 5.32 Å². The van der Waals surface area contributed by atoms with Crippen LogP contribution in [0.4, 0.5) is 0 Å². The van der Waals surface area contributed by atoms with Crippen LogP contribution in [0, 0.1) is 5.92 Å². The van der Waals surface area contributed by atoms with Gasteiger partial charge in [0.25, 0.3) is 0 Å². The van der Waals surface area contributed by atoms with Crippen molar-refractivity contribution in [3.05, 3.63) is 0 Å². The molecule has 1 aliphatic carbocycles. The molecule has 0 aliphatic heterocycles. The fourth-order valence-corrected chi connectivity index (χ4v) is 2.39. The van der Waals surface area contributed by atoms with Gasteiger partial charge in [0.05, 0.1) is 0 Å². The molecule has 0 atom stereocenters. The van der Waals surface area contributed by atoms with Crippen molar-refractivity contribution in [2.45, 2.75) is 64.3 Å². The van der Waals surface area contributed by atoms with E-state index in [-0.39, 0.29) is 0 Å². The maximum atomic E-state index is 3.41. The van der Waals surface area contributed by atoms with E-state index >= 15 is 0 Å². The molecule has 0 radical (unpaired) electrons. The normalized spacial score (nSPS) is 21.5. The van der Waals surface area contributed by atoms with Gasteiger partial charge in [0.1, 0.15) is 0 Å². The second-order valence-corrected chi connectivity index (χ2v) is 5.20. The smallest absolute Gasteiger partial charge is 0.0124 e. The van der Waals surface area contributed by atoms with E-state index in [0.717, 1.165) is 5.92 Å². The van der Waals surface area contributed by atoms with Gasteiger partial charge >= 0.3 is 0 Å². The maximum Gasteiger partial charge on any atom is 0.0124 e. The molecule has 1 heteroatoms. The molecule has 1 saturated carbocycles. The lowest BCUT2D eigenvalue weighted by Gasteiger charge is -2.28. The minimum Gasteiger partial charge on any atom is -0.315 e. The first-order valence-electron chi connectivity index (χ1n) is 5.83. The third kappa shape index (κ3) is 4.12. The van der Waals surface area contributed by atoms with Crippen molar-refractivity contribution in [2.75, 3.05) is 7.05 Å². The highest BCUT2D eigenvalue weighted by Gasteiger charge is 2.21. The molecule has 0 aromatic carbocycles. The molecule has 1 N–H and O–H groups in total. The van der Waals surface area contributed by atoms with Crippen molar-refractivity contribution in [3.63, 3.8) is 0 Å². The van der Waals surface area contributed by atoms with Crippen LogP contribution in [-0.4, -0.2) is 12.6 Å². The van der Waals surface area contributed by atoms with Gasteiger partial charge < -0.3 is 5.32 Å². The lowest BCUT2D eigenvalue weighted by Crippen LogP contribution is -2.38. The Kier molecular flexibility index (Phi) is 4.24. The molecule has 78 valence electrons. The van der Waals surface area contributed by atoms with E-state index in [1.807, 2.05) is 0 Å². The largest absolute Gasteiger partial charge is 0.315 e. The molecule has 0 aromatic rings. The summed E-state index contributed by atoms with van der Waals surface area (Å²) in [5.41, 5.74) is 0.342. The summed E-state index contributed by atoms with van der Waals surface area (Å²) in [6.45, 7) is 4.63. The number of hydrogen-bond acceptors (Lipinski definition) is 1. The first-order chi connectivity index (χ1) is 6.14. The molecular weight excluding hydrogens is 158 g/mol. The van der Waals surface area contributed by atoms with Crippen LogP contribution >= 0.6 is 0 Å². The third-order valence-electron chi connectivity index (χ3n) is 3.45. The van der Waals surface area contributed by atoms with Gasteiger partial charge in [-0.25, -0.2) is 0 Å². The molecular formula is C12H25N. The first-order valence-corrected chi connectivity index (χ1v) is 5.83. The Balaban J connectivity index is 2.33. The molecule has 0 spiro atoms. The summed E-state index contributed by atoms with van der Waals surface area (Å²) in [6.07, 6.45) is 10.1. The summed E-state index contributed by atoms with van der Waals surface area (Å²) in [5, 5.41) is 3.41. The molecule has 1 aliphatic rings. The van der Waals surface area contributed by atoms with Crippen molar-refractivity contribution < 1.29 is 0 Å². The van der Waals surface area contributed by atoms with Crippen molar-refractivity contribution in [2.24, 2.45) is 5.92 Å². The van der Waals surface area contributed by atoms with E-state index in [4.69, 9.17) is 0 Å². The van der Waals surface area contributed by atoms with Crippen LogP contribution < -0.4 is 5.32 Å². The summed E-state index contributed by atoms with van der Waals surface area (Å²) < 4.78 is 0. The summed E-state index contributed by atoms with van der Waals surface area (Å²) in [6, 6.07) is 0. The van der Waals surface area contributed by atoms with Gasteiger partial charge in [0, 0.05) is 5.54 Å². The zero-order valence-corrected chi connectivity index (χ0v) is 9.53. The molecule has 0 saturated heterocycles. The van der Waals surface area contributed by atoms with Crippen LogP contribution in [-0.2, 0) is 0 Å². The van der Waals surface area contributed by atoms with E-state index in [1.165, 1.54) is 44.9 Å². The van der Waals surface area contributed by atoms with Crippen LogP contribution in [0.2, 0.25) is 0 Å². The number of hydrogen-bond donors (Lipinski definition) is 1. The van der Waals surface area contributed by atoms with Crippen LogP contribution in [0.5, 0.6) is 0 Å². The molecule has 13 heavy (non-hydrogen) atoms. The average molecular weight is 183 g/mol. The highest BCUT2D eigenvalue weighted by atomic mass is 14.9. The fourth-order valence-electron chi connectivity index (χ4n) is 2.39. The second-order valence-electron chi connectivity index (χ2n) is 5.20. The quantitative estimate of drug-likeness (QED) is 0.662. The van der Waals surface area contributed by atoms with Crippen LogP contribution in [0.15, 0.2) is 0 Å². The zero-order valence-electron chi connectivity index (χ0n) is 9.53. The van der Waals surface area contributed by atoms with Crippen LogP contribution in [0.3, 0.4) is 0 Å². The SMILES string of the molecule is CNC(C)(C)CC1CCCCCC1. The van der Waals surface area contributed by atoms with Gasteiger partial charge in [-0.15, -0.1) is 0 Å². The predicted octanol–water partition coefficient (Wildman–Crippen LogP) is 3.34. The van der Waals surface area contributed by atoms with Crippen LogP contribution in [0.25, 0.3) is 0 Å². The molecule has 0 aromatic heterocycles. The van der Waals surface area contributed by atoms with Crippen molar-refractivity contribution in [3.8, 4) is 0 Å². The minimum atomic E-state index is 0.342. The Labute approximate surface area is 83.3 Å². The van der Waals surface area contributed by atoms with Gasteiger partial charge in [-0.1, -0.05) is 38.5 Å².